The number of aliphatic hydroxyl groups is 1. The molecule has 8 heteroatoms. The molecule has 6 nitrogen and oxygen atoms in total. The second-order valence-electron chi connectivity index (χ2n) is 8.21. The van der Waals surface area contributed by atoms with E-state index in [-0.39, 0.29) is 34.4 Å². The zero-order valence-electron chi connectivity index (χ0n) is 16.8. The van der Waals surface area contributed by atoms with Crippen molar-refractivity contribution >= 4 is 34.5 Å². The zero-order valence-corrected chi connectivity index (χ0v) is 18.9. The lowest BCUT2D eigenvalue weighted by Gasteiger charge is -2.22. The molecule has 0 aromatic rings. The molecule has 0 unspecified atom stereocenters. The van der Waals surface area contributed by atoms with E-state index in [1.54, 1.807) is 6.08 Å². The fourth-order valence-electron chi connectivity index (χ4n) is 4.48. The van der Waals surface area contributed by atoms with E-state index in [1.165, 1.54) is 6.08 Å². The van der Waals surface area contributed by atoms with E-state index >= 15 is 0 Å². The van der Waals surface area contributed by atoms with Gasteiger partial charge >= 0.3 is 11.9 Å². The van der Waals surface area contributed by atoms with Gasteiger partial charge in [-0.3, -0.25) is 9.59 Å². The molecule has 166 valence electrons. The smallest absolute Gasteiger partial charge is 0.307 e. The van der Waals surface area contributed by atoms with E-state index < -0.39 is 30.1 Å². The van der Waals surface area contributed by atoms with Crippen LogP contribution in [0, 0.1) is 17.8 Å². The van der Waals surface area contributed by atoms with Crippen LogP contribution >= 0.6 is 22.6 Å². The van der Waals surface area contributed by atoms with E-state index in [1.807, 2.05) is 6.92 Å². The molecule has 2 rings (SSSR count). The first-order valence-electron chi connectivity index (χ1n) is 10.5. The standard InChI is InChI=1S/C21H32FIO6/c1-2-3-5-15(22)17(24)9-8-12-13-10-19(16(23)6-4-7-20(25)26)29-18(13)11-14(12)21(27)28/h8-9,12-19,24H,2-7,10-11H2,1H3,(H,25,26)(H,27,28)/t12-,13-,14-,15-,16-,17-,18+,19-/m1/s1. The molecule has 29 heavy (non-hydrogen) atoms. The summed E-state index contributed by atoms with van der Waals surface area (Å²) in [7, 11) is 0. The van der Waals surface area contributed by atoms with Crippen molar-refractivity contribution in [3.8, 4) is 0 Å². The highest BCUT2D eigenvalue weighted by Crippen LogP contribution is 2.49. The molecule has 1 aliphatic carbocycles. The number of carbonyl (C=O) groups is 2. The Labute approximate surface area is 185 Å². The monoisotopic (exact) mass is 526 g/mol. The van der Waals surface area contributed by atoms with Gasteiger partial charge in [0.05, 0.1) is 18.1 Å². The molecule has 1 saturated carbocycles. The number of alkyl halides is 2. The summed E-state index contributed by atoms with van der Waals surface area (Å²) in [6, 6.07) is 0. The number of halogens is 2. The van der Waals surface area contributed by atoms with Crippen LogP contribution in [0.25, 0.3) is 0 Å². The predicted molar refractivity (Wildman–Crippen MR) is 115 cm³/mol. The highest BCUT2D eigenvalue weighted by Gasteiger charge is 2.51. The minimum Gasteiger partial charge on any atom is -0.481 e. The fraction of sp³-hybridized carbons (Fsp3) is 0.810. The van der Waals surface area contributed by atoms with Gasteiger partial charge in [-0.05, 0) is 43.9 Å². The van der Waals surface area contributed by atoms with Gasteiger partial charge in [0.2, 0.25) is 0 Å². The number of fused-ring (bicyclic) bond motifs is 1. The first-order valence-corrected chi connectivity index (χ1v) is 11.7. The maximum atomic E-state index is 14.0. The first-order chi connectivity index (χ1) is 13.7. The van der Waals surface area contributed by atoms with Gasteiger partial charge in [0.25, 0.3) is 0 Å². The Morgan fingerprint density at radius 1 is 1.24 bits per heavy atom. The summed E-state index contributed by atoms with van der Waals surface area (Å²) in [5, 5.41) is 28.4. The summed E-state index contributed by atoms with van der Waals surface area (Å²) in [5.74, 6) is -2.56. The molecule has 8 atom stereocenters. The summed E-state index contributed by atoms with van der Waals surface area (Å²) >= 11 is 2.29. The van der Waals surface area contributed by atoms with E-state index in [0.29, 0.717) is 32.1 Å². The molecule has 1 aliphatic heterocycles. The number of allylic oxidation sites excluding steroid dienone is 1. The lowest BCUT2D eigenvalue weighted by molar-refractivity contribution is -0.143. The van der Waals surface area contributed by atoms with E-state index in [9.17, 15) is 24.2 Å². The molecule has 0 radical (unpaired) electrons. The van der Waals surface area contributed by atoms with Gasteiger partial charge in [0.15, 0.2) is 0 Å². The topological polar surface area (TPSA) is 104 Å². The Kier molecular flexibility index (Phi) is 9.81. The van der Waals surface area contributed by atoms with Crippen molar-refractivity contribution in [2.24, 2.45) is 17.8 Å². The van der Waals surface area contributed by atoms with Crippen molar-refractivity contribution in [3.05, 3.63) is 12.2 Å². The molecule has 0 aromatic carbocycles. The Hall–Kier alpha value is -0.740. The van der Waals surface area contributed by atoms with Crippen LogP contribution < -0.4 is 0 Å². The number of carboxylic acid groups (broad SMARTS) is 2. The quantitative estimate of drug-likeness (QED) is 0.202. The van der Waals surface area contributed by atoms with Crippen molar-refractivity contribution < 1.29 is 34.0 Å². The van der Waals surface area contributed by atoms with Crippen molar-refractivity contribution in [2.75, 3.05) is 0 Å². The molecule has 1 saturated heterocycles. The zero-order chi connectivity index (χ0) is 21.6. The molecule has 0 amide bonds. The maximum absolute atomic E-state index is 14.0. The molecular formula is C21H32FIO6. The number of rotatable bonds is 12. The second-order valence-corrected chi connectivity index (χ2v) is 9.81. The average Bonchev–Trinajstić information content (AvgIpc) is 3.22. The molecule has 0 spiro atoms. The summed E-state index contributed by atoms with van der Waals surface area (Å²) in [6.45, 7) is 1.96. The van der Waals surface area contributed by atoms with Crippen molar-refractivity contribution in [2.45, 2.75) is 86.7 Å². The minimum atomic E-state index is -1.34. The van der Waals surface area contributed by atoms with Gasteiger partial charge < -0.3 is 20.1 Å². The molecule has 2 fully saturated rings. The van der Waals surface area contributed by atoms with Crippen LogP contribution in [0.1, 0.15) is 58.3 Å². The summed E-state index contributed by atoms with van der Waals surface area (Å²) < 4.78 is 20.3. The van der Waals surface area contributed by atoms with Gasteiger partial charge in [0, 0.05) is 10.3 Å². The molecule has 1 heterocycles. The van der Waals surface area contributed by atoms with Crippen molar-refractivity contribution in [1.29, 1.82) is 0 Å². The van der Waals surface area contributed by atoms with E-state index in [2.05, 4.69) is 22.6 Å². The van der Waals surface area contributed by atoms with Crippen LogP contribution in [0.5, 0.6) is 0 Å². The van der Waals surface area contributed by atoms with Crippen molar-refractivity contribution in [3.63, 3.8) is 0 Å². The second kappa shape index (κ2) is 11.6. The molecule has 0 aromatic heterocycles. The third-order valence-electron chi connectivity index (χ3n) is 6.10. The summed E-state index contributed by atoms with van der Waals surface area (Å²) in [5.41, 5.74) is 0. The lowest BCUT2D eigenvalue weighted by atomic mass is 9.85. The van der Waals surface area contributed by atoms with Gasteiger partial charge in [-0.2, -0.15) is 0 Å². The molecule has 3 N–H and O–H groups in total. The van der Waals surface area contributed by atoms with Gasteiger partial charge in [-0.15, -0.1) is 0 Å². The van der Waals surface area contributed by atoms with Crippen LogP contribution in [0.4, 0.5) is 4.39 Å². The predicted octanol–water partition coefficient (Wildman–Crippen LogP) is 3.98. The van der Waals surface area contributed by atoms with Gasteiger partial charge in [0.1, 0.15) is 12.3 Å². The number of ether oxygens (including phenoxy) is 1. The Morgan fingerprint density at radius 3 is 2.59 bits per heavy atom. The molecule has 2 aliphatic rings. The Balaban J connectivity index is 1.98. The third-order valence-corrected chi connectivity index (χ3v) is 7.53. The van der Waals surface area contributed by atoms with Crippen LogP contribution in [0.15, 0.2) is 12.2 Å². The van der Waals surface area contributed by atoms with Crippen molar-refractivity contribution in [1.82, 2.24) is 0 Å². The van der Waals surface area contributed by atoms with Gasteiger partial charge in [-0.1, -0.05) is 54.5 Å². The van der Waals surface area contributed by atoms with Crippen LogP contribution in [-0.2, 0) is 14.3 Å². The lowest BCUT2D eigenvalue weighted by Crippen LogP contribution is -2.26. The summed E-state index contributed by atoms with van der Waals surface area (Å²) in [4.78, 5) is 22.4. The number of carboxylic acids is 2. The Bertz CT molecular complexity index is 586. The number of aliphatic hydroxyl groups excluding tert-OH is 1. The van der Waals surface area contributed by atoms with Crippen LogP contribution in [0.3, 0.4) is 0 Å². The number of hydrogen-bond donors (Lipinski definition) is 3. The van der Waals surface area contributed by atoms with E-state index in [4.69, 9.17) is 9.84 Å². The maximum Gasteiger partial charge on any atom is 0.307 e. The highest BCUT2D eigenvalue weighted by molar-refractivity contribution is 14.1. The number of unbranched alkanes of at least 4 members (excludes halogenated alkanes) is 1. The normalized spacial score (nSPS) is 32.2. The number of hydrogen-bond acceptors (Lipinski definition) is 4. The van der Waals surface area contributed by atoms with Gasteiger partial charge in [-0.25, -0.2) is 4.39 Å². The highest BCUT2D eigenvalue weighted by atomic mass is 127. The largest absolute Gasteiger partial charge is 0.481 e. The Morgan fingerprint density at radius 2 is 1.97 bits per heavy atom. The SMILES string of the molecule is CCCC[C@@H](F)[C@H](O)C=C[C@@H]1[C@H]2C[C@H]([C@H](I)CCCC(=O)O)O[C@H]2C[C@H]1C(=O)O. The summed E-state index contributed by atoms with van der Waals surface area (Å²) in [6.07, 6.45) is 4.76. The molecular weight excluding hydrogens is 494 g/mol. The third kappa shape index (κ3) is 6.89. The minimum absolute atomic E-state index is 0.0231. The van der Waals surface area contributed by atoms with Crippen LogP contribution in [0.2, 0.25) is 0 Å². The molecule has 0 bridgehead atoms. The van der Waals surface area contributed by atoms with E-state index in [0.717, 1.165) is 12.8 Å². The first kappa shape index (κ1) is 24.5. The fourth-order valence-corrected chi connectivity index (χ4v) is 5.39. The average molecular weight is 526 g/mol. The number of aliphatic carboxylic acids is 2. The van der Waals surface area contributed by atoms with Crippen LogP contribution in [-0.4, -0.2) is 55.7 Å².